The predicted octanol–water partition coefficient (Wildman–Crippen LogP) is 0.493. The normalized spacial score (nSPS) is 15.6. The van der Waals surface area contributed by atoms with Gasteiger partial charge in [-0.2, -0.15) is 4.99 Å². The Bertz CT molecular complexity index is 926. The van der Waals surface area contributed by atoms with Gasteiger partial charge in [-0.05, 0) is 16.8 Å². The van der Waals surface area contributed by atoms with E-state index in [0.29, 0.717) is 10.9 Å². The smallest absolute Gasteiger partial charge is 0.272 e. The number of carbonyl (C=O) groups excluding carboxylic acids is 2. The quantitative estimate of drug-likeness (QED) is 0.738. The molecule has 3 amide bonds. The van der Waals surface area contributed by atoms with E-state index in [9.17, 15) is 9.59 Å². The number of benzene rings is 2. The number of nitrogens with zero attached hydrogens (tertiary/aromatic N) is 2. The van der Waals surface area contributed by atoms with Crippen molar-refractivity contribution < 1.29 is 9.59 Å². The van der Waals surface area contributed by atoms with Gasteiger partial charge in [-0.1, -0.05) is 18.2 Å². The Morgan fingerprint density at radius 3 is 2.74 bits per heavy atom. The Hall–Kier alpha value is -2.82. The van der Waals surface area contributed by atoms with E-state index in [0.717, 1.165) is 21.6 Å². The van der Waals surface area contributed by atoms with Crippen molar-refractivity contribution in [3.05, 3.63) is 46.0 Å². The van der Waals surface area contributed by atoms with Gasteiger partial charge in [0.25, 0.3) is 5.91 Å². The summed E-state index contributed by atoms with van der Waals surface area (Å²) in [6.45, 7) is 0. The van der Waals surface area contributed by atoms with E-state index in [2.05, 4.69) is 15.3 Å². The van der Waals surface area contributed by atoms with Crippen LogP contribution in [0.1, 0.15) is 15.9 Å². The first kappa shape index (κ1) is 10.1. The Balaban J connectivity index is 2.23. The van der Waals surface area contributed by atoms with Crippen LogP contribution in [0.3, 0.4) is 0 Å². The third-order valence-corrected chi connectivity index (χ3v) is 3.34. The zero-order valence-electron chi connectivity index (χ0n) is 9.68. The maximum atomic E-state index is 12.0. The highest BCUT2D eigenvalue weighted by Gasteiger charge is 2.21. The third-order valence-electron chi connectivity index (χ3n) is 3.34. The summed E-state index contributed by atoms with van der Waals surface area (Å²) >= 11 is 0. The van der Waals surface area contributed by atoms with Gasteiger partial charge in [0.2, 0.25) is 0 Å². The average Bonchev–Trinajstić information content (AvgIpc) is 2.85. The maximum Gasteiger partial charge on any atom is 0.348 e. The molecule has 0 unspecified atom stereocenters. The van der Waals surface area contributed by atoms with Crippen LogP contribution in [0, 0.1) is 0 Å². The van der Waals surface area contributed by atoms with Crippen molar-refractivity contribution in [2.75, 3.05) is 0 Å². The lowest BCUT2D eigenvalue weighted by Crippen LogP contribution is -2.38. The summed E-state index contributed by atoms with van der Waals surface area (Å²) in [7, 11) is 0. The molecule has 4 rings (SSSR count). The number of carbonyl (C=O) groups is 2. The first-order chi connectivity index (χ1) is 9.24. The summed E-state index contributed by atoms with van der Waals surface area (Å²) in [5.41, 5.74) is 1.44. The summed E-state index contributed by atoms with van der Waals surface area (Å²) < 4.78 is 0. The van der Waals surface area contributed by atoms with E-state index in [1.54, 1.807) is 18.5 Å². The predicted molar refractivity (Wildman–Crippen MR) is 69.7 cm³/mol. The van der Waals surface area contributed by atoms with E-state index in [1.807, 2.05) is 18.2 Å². The largest absolute Gasteiger partial charge is 0.348 e. The van der Waals surface area contributed by atoms with Gasteiger partial charge < -0.3 is 0 Å². The molecule has 2 aromatic carbocycles. The third kappa shape index (κ3) is 1.29. The lowest BCUT2D eigenvalue weighted by atomic mass is 9.98. The van der Waals surface area contributed by atoms with Crippen LogP contribution < -0.4 is 15.9 Å². The number of amides is 3. The van der Waals surface area contributed by atoms with E-state index in [1.165, 1.54) is 0 Å². The molecule has 2 heterocycles. The maximum absolute atomic E-state index is 12.0. The van der Waals surface area contributed by atoms with Gasteiger partial charge >= 0.3 is 6.03 Å². The molecule has 5 nitrogen and oxygen atoms in total. The van der Waals surface area contributed by atoms with Gasteiger partial charge in [-0.25, -0.2) is 4.79 Å². The standard InChI is InChI=1S/C14H7N3O2/c18-13-12-9-2-1-7-5-15-6-10(7)8(9)3-4-11(12)16-14(19)17-13/h1-6H,(H,17,18,19). The van der Waals surface area contributed by atoms with Gasteiger partial charge in [0.15, 0.2) is 0 Å². The SMILES string of the molecule is O=C1N=c2ccc3c4c(ccc3c2C(=O)N1)=CN=C4. The lowest BCUT2D eigenvalue weighted by molar-refractivity contribution is 0.0962. The summed E-state index contributed by atoms with van der Waals surface area (Å²) in [6.07, 6.45) is 3.55. The summed E-state index contributed by atoms with van der Waals surface area (Å²) in [5.74, 6) is -0.403. The summed E-state index contributed by atoms with van der Waals surface area (Å²) in [4.78, 5) is 31.2. The zero-order chi connectivity index (χ0) is 13.0. The first-order valence-corrected chi connectivity index (χ1v) is 5.77. The van der Waals surface area contributed by atoms with E-state index in [4.69, 9.17) is 0 Å². The zero-order valence-corrected chi connectivity index (χ0v) is 9.68. The molecule has 19 heavy (non-hydrogen) atoms. The molecule has 0 bridgehead atoms. The van der Waals surface area contributed by atoms with Gasteiger partial charge in [0.05, 0.1) is 10.9 Å². The Morgan fingerprint density at radius 2 is 1.84 bits per heavy atom. The highest BCUT2D eigenvalue weighted by Crippen LogP contribution is 2.19. The number of rotatable bonds is 0. The molecule has 0 saturated heterocycles. The number of aliphatic imine (C=N–C) groups is 1. The van der Waals surface area contributed by atoms with Crippen molar-refractivity contribution in [2.45, 2.75) is 0 Å². The number of hydrogen-bond donors (Lipinski definition) is 1. The second kappa shape index (κ2) is 3.35. The number of fused-ring (bicyclic) bond motifs is 5. The molecule has 1 N–H and O–H groups in total. The van der Waals surface area contributed by atoms with Crippen molar-refractivity contribution >= 4 is 35.1 Å². The molecule has 2 aromatic rings. The Morgan fingerprint density at radius 1 is 1.00 bits per heavy atom. The molecule has 0 radical (unpaired) electrons. The number of nitrogens with one attached hydrogen (secondary N) is 1. The second-order valence-corrected chi connectivity index (χ2v) is 4.40. The van der Waals surface area contributed by atoms with E-state index in [-0.39, 0.29) is 0 Å². The van der Waals surface area contributed by atoms with Crippen molar-refractivity contribution in [2.24, 2.45) is 9.98 Å². The minimum Gasteiger partial charge on any atom is -0.272 e. The van der Waals surface area contributed by atoms with Gasteiger partial charge in [0, 0.05) is 23.2 Å². The molecule has 5 heteroatoms. The van der Waals surface area contributed by atoms with Crippen molar-refractivity contribution in [3.63, 3.8) is 0 Å². The van der Waals surface area contributed by atoms with Crippen molar-refractivity contribution in [1.82, 2.24) is 5.32 Å². The molecule has 2 aliphatic rings. The van der Waals surface area contributed by atoms with Crippen LogP contribution in [0.15, 0.2) is 34.3 Å². The van der Waals surface area contributed by atoms with Crippen molar-refractivity contribution in [3.8, 4) is 0 Å². The molecule has 2 aliphatic heterocycles. The number of urea groups is 1. The summed E-state index contributed by atoms with van der Waals surface area (Å²) in [6, 6.07) is 6.72. The topological polar surface area (TPSA) is 70.9 Å². The van der Waals surface area contributed by atoms with Crippen LogP contribution in [0.5, 0.6) is 0 Å². The van der Waals surface area contributed by atoms with Gasteiger partial charge in [-0.15, -0.1) is 0 Å². The molecular formula is C14H7N3O2. The van der Waals surface area contributed by atoms with Crippen LogP contribution in [-0.4, -0.2) is 18.2 Å². The monoisotopic (exact) mass is 249 g/mol. The molecule has 0 saturated carbocycles. The Kier molecular flexibility index (Phi) is 1.79. The summed E-state index contributed by atoms with van der Waals surface area (Å²) in [5, 5.41) is 5.37. The van der Waals surface area contributed by atoms with Crippen LogP contribution in [0.4, 0.5) is 4.79 Å². The minimum absolute atomic E-state index is 0.403. The van der Waals surface area contributed by atoms with Crippen LogP contribution in [0.2, 0.25) is 0 Å². The van der Waals surface area contributed by atoms with Crippen LogP contribution >= 0.6 is 0 Å². The highest BCUT2D eigenvalue weighted by molar-refractivity contribution is 6.16. The Labute approximate surface area is 107 Å². The van der Waals surface area contributed by atoms with Crippen LogP contribution in [-0.2, 0) is 0 Å². The van der Waals surface area contributed by atoms with Gasteiger partial charge in [0.1, 0.15) is 0 Å². The fourth-order valence-corrected chi connectivity index (χ4v) is 2.51. The molecule has 0 aromatic heterocycles. The fraction of sp³-hybridized carbons (Fsp3) is 0. The van der Waals surface area contributed by atoms with Gasteiger partial charge in [-0.3, -0.25) is 15.1 Å². The van der Waals surface area contributed by atoms with E-state index < -0.39 is 11.9 Å². The molecule has 0 aliphatic carbocycles. The number of imide groups is 1. The highest BCUT2D eigenvalue weighted by atomic mass is 16.2. The molecular weight excluding hydrogens is 242 g/mol. The van der Waals surface area contributed by atoms with Crippen molar-refractivity contribution in [1.29, 1.82) is 0 Å². The first-order valence-electron chi connectivity index (χ1n) is 5.77. The average molecular weight is 249 g/mol. The fourth-order valence-electron chi connectivity index (χ4n) is 2.51. The lowest BCUT2D eigenvalue weighted by Gasteiger charge is -2.11. The van der Waals surface area contributed by atoms with E-state index >= 15 is 0 Å². The molecule has 0 atom stereocenters. The number of hydrogen-bond acceptors (Lipinski definition) is 3. The van der Waals surface area contributed by atoms with Crippen LogP contribution in [0.25, 0.3) is 17.0 Å². The second-order valence-electron chi connectivity index (χ2n) is 4.40. The molecule has 0 spiro atoms. The molecule has 90 valence electrons. The minimum atomic E-state index is -0.618. The molecule has 0 fully saturated rings.